The summed E-state index contributed by atoms with van der Waals surface area (Å²) < 4.78 is 11.1. The number of hydrogen-bond acceptors (Lipinski definition) is 3. The Morgan fingerprint density at radius 2 is 2.05 bits per heavy atom. The molecule has 0 aliphatic carbocycles. The lowest BCUT2D eigenvalue weighted by atomic mass is 9.93. The molecule has 2 rings (SSSR count). The summed E-state index contributed by atoms with van der Waals surface area (Å²) in [6.45, 7) is 2.88. The van der Waals surface area contributed by atoms with Crippen molar-refractivity contribution >= 4 is 0 Å². The molecule has 1 heterocycles. The highest BCUT2D eigenvalue weighted by Gasteiger charge is 2.24. The summed E-state index contributed by atoms with van der Waals surface area (Å²) in [6, 6.07) is 8.27. The van der Waals surface area contributed by atoms with Crippen LogP contribution in [0.1, 0.15) is 31.7 Å². The van der Waals surface area contributed by atoms with Crippen molar-refractivity contribution in [3.63, 3.8) is 0 Å². The number of ether oxygens (including phenoxy) is 2. The summed E-state index contributed by atoms with van der Waals surface area (Å²) in [4.78, 5) is 0. The van der Waals surface area contributed by atoms with Crippen LogP contribution in [0.4, 0.5) is 0 Å². The minimum absolute atomic E-state index is 0.404. The van der Waals surface area contributed by atoms with Crippen LogP contribution >= 0.6 is 0 Å². The Hall–Kier alpha value is -1.06. The predicted molar refractivity (Wildman–Crippen MR) is 77.4 cm³/mol. The molecule has 0 spiro atoms. The summed E-state index contributed by atoms with van der Waals surface area (Å²) in [5, 5.41) is 0. The van der Waals surface area contributed by atoms with Crippen LogP contribution in [0.3, 0.4) is 0 Å². The molecule has 1 aromatic rings. The van der Waals surface area contributed by atoms with E-state index < -0.39 is 0 Å². The highest BCUT2D eigenvalue weighted by Crippen LogP contribution is 2.26. The Morgan fingerprint density at radius 1 is 1.32 bits per heavy atom. The molecule has 3 atom stereocenters. The molecule has 0 saturated carbocycles. The molecule has 3 unspecified atom stereocenters. The number of nitrogens with two attached hydrogens (primary N) is 1. The molecular formula is C16H25NO2. The van der Waals surface area contributed by atoms with Gasteiger partial charge in [-0.25, -0.2) is 0 Å². The zero-order chi connectivity index (χ0) is 13.7. The van der Waals surface area contributed by atoms with Crippen LogP contribution in [0, 0.1) is 5.92 Å². The molecule has 106 valence electrons. The first-order valence-corrected chi connectivity index (χ1v) is 7.19. The van der Waals surface area contributed by atoms with E-state index in [-0.39, 0.29) is 0 Å². The second-order valence-corrected chi connectivity index (χ2v) is 5.54. The molecule has 1 aliphatic rings. The van der Waals surface area contributed by atoms with E-state index in [2.05, 4.69) is 19.1 Å². The summed E-state index contributed by atoms with van der Waals surface area (Å²) >= 11 is 0. The van der Waals surface area contributed by atoms with Crippen molar-refractivity contribution in [2.24, 2.45) is 11.7 Å². The van der Waals surface area contributed by atoms with Crippen molar-refractivity contribution in [2.45, 2.75) is 44.8 Å². The van der Waals surface area contributed by atoms with E-state index in [0.717, 1.165) is 25.1 Å². The smallest absolute Gasteiger partial charge is 0.118 e. The van der Waals surface area contributed by atoms with Crippen molar-refractivity contribution in [2.75, 3.05) is 13.7 Å². The first-order valence-electron chi connectivity index (χ1n) is 7.19. The normalized spacial score (nSPS) is 24.4. The highest BCUT2D eigenvalue weighted by atomic mass is 16.5. The van der Waals surface area contributed by atoms with Crippen LogP contribution in [-0.4, -0.2) is 25.9 Å². The van der Waals surface area contributed by atoms with Crippen LogP contribution in [0.25, 0.3) is 0 Å². The quantitative estimate of drug-likeness (QED) is 0.858. The first-order chi connectivity index (χ1) is 9.21. The minimum atomic E-state index is 0.404. The highest BCUT2D eigenvalue weighted by molar-refractivity contribution is 5.27. The van der Waals surface area contributed by atoms with Crippen LogP contribution in [0.15, 0.2) is 24.3 Å². The third-order valence-electron chi connectivity index (χ3n) is 3.93. The standard InChI is InChI=1S/C16H25NO2/c1-12-3-6-16(19-12)10-14(11-17)9-13-4-7-15(18-2)8-5-13/h4-5,7-8,12,14,16H,3,6,9-11,17H2,1-2H3. The zero-order valence-corrected chi connectivity index (χ0v) is 12.0. The van der Waals surface area contributed by atoms with E-state index in [0.29, 0.717) is 18.1 Å². The van der Waals surface area contributed by atoms with Crippen LogP contribution in [-0.2, 0) is 11.2 Å². The van der Waals surface area contributed by atoms with Gasteiger partial charge < -0.3 is 15.2 Å². The molecule has 0 amide bonds. The SMILES string of the molecule is COc1ccc(CC(CN)CC2CCC(C)O2)cc1. The maximum absolute atomic E-state index is 5.91. The minimum Gasteiger partial charge on any atom is -0.497 e. The molecule has 3 nitrogen and oxygen atoms in total. The fourth-order valence-electron chi connectivity index (χ4n) is 2.79. The maximum Gasteiger partial charge on any atom is 0.118 e. The van der Waals surface area contributed by atoms with Crippen molar-refractivity contribution in [1.29, 1.82) is 0 Å². The molecule has 2 N–H and O–H groups in total. The average Bonchev–Trinajstić information content (AvgIpc) is 2.84. The fourth-order valence-corrected chi connectivity index (χ4v) is 2.79. The van der Waals surface area contributed by atoms with Crippen LogP contribution < -0.4 is 10.5 Å². The Morgan fingerprint density at radius 3 is 2.58 bits per heavy atom. The topological polar surface area (TPSA) is 44.5 Å². The van der Waals surface area contributed by atoms with E-state index in [1.54, 1.807) is 7.11 Å². The van der Waals surface area contributed by atoms with Crippen LogP contribution in [0.2, 0.25) is 0 Å². The van der Waals surface area contributed by atoms with Gasteiger partial charge in [-0.1, -0.05) is 12.1 Å². The van der Waals surface area contributed by atoms with Gasteiger partial charge in [0.1, 0.15) is 5.75 Å². The van der Waals surface area contributed by atoms with Gasteiger partial charge in [0.2, 0.25) is 0 Å². The predicted octanol–water partition coefficient (Wildman–Crippen LogP) is 2.77. The Bertz CT molecular complexity index is 377. The largest absolute Gasteiger partial charge is 0.497 e. The molecule has 19 heavy (non-hydrogen) atoms. The van der Waals surface area contributed by atoms with Gasteiger partial charge in [0.25, 0.3) is 0 Å². The van der Waals surface area contributed by atoms with Crippen molar-refractivity contribution in [3.8, 4) is 5.75 Å². The van der Waals surface area contributed by atoms with Crippen LogP contribution in [0.5, 0.6) is 5.75 Å². The maximum atomic E-state index is 5.91. The lowest BCUT2D eigenvalue weighted by Crippen LogP contribution is -2.23. The number of methoxy groups -OCH3 is 1. The van der Waals surface area contributed by atoms with Gasteiger partial charge in [-0.15, -0.1) is 0 Å². The van der Waals surface area contributed by atoms with Crippen molar-refractivity contribution in [1.82, 2.24) is 0 Å². The van der Waals surface area contributed by atoms with E-state index in [1.165, 1.54) is 18.4 Å². The van der Waals surface area contributed by atoms with Gasteiger partial charge in [0, 0.05) is 0 Å². The molecule has 1 fully saturated rings. The van der Waals surface area contributed by atoms with Gasteiger partial charge >= 0.3 is 0 Å². The lowest BCUT2D eigenvalue weighted by Gasteiger charge is -2.19. The third-order valence-corrected chi connectivity index (χ3v) is 3.93. The second kappa shape index (κ2) is 6.92. The van der Waals surface area contributed by atoms with E-state index >= 15 is 0 Å². The van der Waals surface area contributed by atoms with Gasteiger partial charge in [0.15, 0.2) is 0 Å². The van der Waals surface area contributed by atoms with Gasteiger partial charge in [-0.05, 0) is 62.8 Å². The van der Waals surface area contributed by atoms with E-state index in [1.807, 2.05) is 12.1 Å². The molecule has 1 aromatic carbocycles. The van der Waals surface area contributed by atoms with Crippen molar-refractivity contribution in [3.05, 3.63) is 29.8 Å². The summed E-state index contributed by atoms with van der Waals surface area (Å²) in [5.41, 5.74) is 7.23. The molecule has 0 aromatic heterocycles. The fraction of sp³-hybridized carbons (Fsp3) is 0.625. The summed E-state index contributed by atoms with van der Waals surface area (Å²) in [5.74, 6) is 1.41. The lowest BCUT2D eigenvalue weighted by molar-refractivity contribution is 0.0415. The monoisotopic (exact) mass is 263 g/mol. The van der Waals surface area contributed by atoms with E-state index in [9.17, 15) is 0 Å². The van der Waals surface area contributed by atoms with Gasteiger partial charge in [-0.2, -0.15) is 0 Å². The summed E-state index contributed by atoms with van der Waals surface area (Å²) in [7, 11) is 1.69. The number of hydrogen-bond donors (Lipinski definition) is 1. The Kier molecular flexibility index (Phi) is 5.23. The molecule has 0 bridgehead atoms. The van der Waals surface area contributed by atoms with Gasteiger partial charge in [0.05, 0.1) is 19.3 Å². The van der Waals surface area contributed by atoms with E-state index in [4.69, 9.17) is 15.2 Å². The molecule has 0 radical (unpaired) electrons. The Labute approximate surface area is 116 Å². The first kappa shape index (κ1) is 14.4. The molecule has 3 heteroatoms. The average molecular weight is 263 g/mol. The molecular weight excluding hydrogens is 238 g/mol. The molecule has 1 saturated heterocycles. The molecule has 1 aliphatic heterocycles. The number of benzene rings is 1. The Balaban J connectivity index is 1.87. The summed E-state index contributed by atoms with van der Waals surface area (Å²) in [6.07, 6.45) is 5.29. The number of rotatable bonds is 6. The van der Waals surface area contributed by atoms with Gasteiger partial charge in [-0.3, -0.25) is 0 Å². The third kappa shape index (κ3) is 4.22. The second-order valence-electron chi connectivity index (χ2n) is 5.54. The van der Waals surface area contributed by atoms with Crippen molar-refractivity contribution < 1.29 is 9.47 Å². The zero-order valence-electron chi connectivity index (χ0n) is 12.0.